The van der Waals surface area contributed by atoms with E-state index in [0.717, 1.165) is 43.2 Å². The largest absolute Gasteiger partial charge is 0.371 e. The molecular formula is C26H30ClN5O3S. The fourth-order valence-electron chi connectivity index (χ4n) is 5.27. The summed E-state index contributed by atoms with van der Waals surface area (Å²) in [6.07, 6.45) is 5.63. The molecule has 8 nitrogen and oxygen atoms in total. The van der Waals surface area contributed by atoms with Gasteiger partial charge in [0.05, 0.1) is 4.90 Å². The molecule has 1 unspecified atom stereocenters. The molecule has 10 heteroatoms. The van der Waals surface area contributed by atoms with Crippen molar-refractivity contribution in [2.75, 3.05) is 44.2 Å². The predicted molar refractivity (Wildman–Crippen MR) is 141 cm³/mol. The highest BCUT2D eigenvalue weighted by Crippen LogP contribution is 2.28. The third-order valence-corrected chi connectivity index (χ3v) is 9.43. The SMILES string of the molecule is NC(=O)C1CN(S(=O)(=O)c2ccc3cc(Cl)ccc3c2)CCN1CC1CCN(c2ccncc2)CC1. The minimum atomic E-state index is -3.77. The van der Waals surface area contributed by atoms with Gasteiger partial charge in [0.15, 0.2) is 0 Å². The number of halogens is 1. The summed E-state index contributed by atoms with van der Waals surface area (Å²) in [5, 5.41) is 2.27. The lowest BCUT2D eigenvalue weighted by Crippen LogP contribution is -2.60. The Morgan fingerprint density at radius 3 is 2.39 bits per heavy atom. The molecule has 2 aliphatic heterocycles. The first-order valence-corrected chi connectivity index (χ1v) is 14.0. The van der Waals surface area contributed by atoms with E-state index in [1.807, 2.05) is 12.1 Å². The summed E-state index contributed by atoms with van der Waals surface area (Å²) < 4.78 is 28.3. The van der Waals surface area contributed by atoms with Gasteiger partial charge in [0.2, 0.25) is 15.9 Å². The van der Waals surface area contributed by atoms with Gasteiger partial charge in [-0.05, 0) is 65.9 Å². The second-order valence-corrected chi connectivity index (χ2v) is 11.9. The van der Waals surface area contributed by atoms with Gasteiger partial charge in [-0.3, -0.25) is 14.7 Å². The first-order valence-electron chi connectivity index (χ1n) is 12.2. The van der Waals surface area contributed by atoms with Crippen LogP contribution in [-0.4, -0.2) is 73.8 Å². The van der Waals surface area contributed by atoms with E-state index in [-0.39, 0.29) is 11.4 Å². The number of anilines is 1. The van der Waals surface area contributed by atoms with Crippen LogP contribution in [0.25, 0.3) is 10.8 Å². The van der Waals surface area contributed by atoms with E-state index < -0.39 is 22.0 Å². The van der Waals surface area contributed by atoms with Crippen molar-refractivity contribution in [2.24, 2.45) is 11.7 Å². The number of fused-ring (bicyclic) bond motifs is 1. The zero-order chi connectivity index (χ0) is 25.3. The Labute approximate surface area is 216 Å². The van der Waals surface area contributed by atoms with Crippen LogP contribution in [0.2, 0.25) is 5.02 Å². The Morgan fingerprint density at radius 1 is 0.972 bits per heavy atom. The number of piperazine rings is 1. The summed E-state index contributed by atoms with van der Waals surface area (Å²) in [6.45, 7) is 3.48. The second kappa shape index (κ2) is 10.3. The number of rotatable bonds is 6. The monoisotopic (exact) mass is 527 g/mol. The number of primary amides is 1. The average Bonchev–Trinajstić information content (AvgIpc) is 2.89. The Balaban J connectivity index is 1.25. The molecular weight excluding hydrogens is 498 g/mol. The first kappa shape index (κ1) is 25.0. The average molecular weight is 528 g/mol. The number of piperidine rings is 1. The molecule has 190 valence electrons. The van der Waals surface area contributed by atoms with Gasteiger partial charge in [0.25, 0.3) is 0 Å². The molecule has 2 aliphatic rings. The van der Waals surface area contributed by atoms with Crippen LogP contribution in [0, 0.1) is 5.92 Å². The Kier molecular flexibility index (Phi) is 7.16. The molecule has 1 aromatic heterocycles. The molecule has 0 saturated carbocycles. The number of sulfonamides is 1. The topological polar surface area (TPSA) is 99.8 Å². The fraction of sp³-hybridized carbons (Fsp3) is 0.385. The minimum absolute atomic E-state index is 0.0617. The lowest BCUT2D eigenvalue weighted by molar-refractivity contribution is -0.125. The Bertz CT molecular complexity index is 1350. The van der Waals surface area contributed by atoms with E-state index in [1.165, 1.54) is 9.99 Å². The van der Waals surface area contributed by atoms with Crippen LogP contribution in [0.3, 0.4) is 0 Å². The molecule has 36 heavy (non-hydrogen) atoms. The summed E-state index contributed by atoms with van der Waals surface area (Å²) in [5.41, 5.74) is 6.94. The third kappa shape index (κ3) is 5.20. The Morgan fingerprint density at radius 2 is 1.67 bits per heavy atom. The van der Waals surface area contributed by atoms with Crippen LogP contribution < -0.4 is 10.6 Å². The van der Waals surface area contributed by atoms with E-state index in [1.54, 1.807) is 48.8 Å². The quantitative estimate of drug-likeness (QED) is 0.529. The maximum Gasteiger partial charge on any atom is 0.243 e. The summed E-state index contributed by atoms with van der Waals surface area (Å²) in [4.78, 5) is 21.1. The van der Waals surface area contributed by atoms with E-state index in [2.05, 4.69) is 14.8 Å². The molecule has 3 aromatic rings. The maximum atomic E-state index is 13.5. The normalized spacial score (nSPS) is 20.6. The van der Waals surface area contributed by atoms with Crippen LogP contribution in [0.5, 0.6) is 0 Å². The van der Waals surface area contributed by atoms with Gasteiger partial charge in [0, 0.05) is 62.4 Å². The molecule has 5 rings (SSSR count). The summed E-state index contributed by atoms with van der Waals surface area (Å²) >= 11 is 6.05. The first-order chi connectivity index (χ1) is 17.3. The molecule has 3 heterocycles. The highest BCUT2D eigenvalue weighted by molar-refractivity contribution is 7.89. The molecule has 0 spiro atoms. The van der Waals surface area contributed by atoms with E-state index in [9.17, 15) is 13.2 Å². The van der Waals surface area contributed by atoms with Crippen LogP contribution in [0.1, 0.15) is 12.8 Å². The van der Waals surface area contributed by atoms with E-state index in [0.29, 0.717) is 24.0 Å². The number of hydrogen-bond donors (Lipinski definition) is 1. The van der Waals surface area contributed by atoms with Gasteiger partial charge in [-0.1, -0.05) is 23.7 Å². The summed E-state index contributed by atoms with van der Waals surface area (Å²) in [6, 6.07) is 13.8. The van der Waals surface area contributed by atoms with Crippen LogP contribution in [0.4, 0.5) is 5.69 Å². The fourth-order valence-corrected chi connectivity index (χ4v) is 6.92. The van der Waals surface area contributed by atoms with Crippen LogP contribution in [0.15, 0.2) is 65.8 Å². The van der Waals surface area contributed by atoms with E-state index in [4.69, 9.17) is 17.3 Å². The zero-order valence-electron chi connectivity index (χ0n) is 20.0. The lowest BCUT2D eigenvalue weighted by atomic mass is 9.94. The van der Waals surface area contributed by atoms with Crippen molar-refractivity contribution in [1.29, 1.82) is 0 Å². The second-order valence-electron chi connectivity index (χ2n) is 9.57. The third-order valence-electron chi connectivity index (χ3n) is 7.33. The van der Waals surface area contributed by atoms with Gasteiger partial charge in [-0.15, -0.1) is 0 Å². The highest BCUT2D eigenvalue weighted by Gasteiger charge is 2.38. The van der Waals surface area contributed by atoms with Crippen molar-refractivity contribution >= 4 is 44.0 Å². The van der Waals surface area contributed by atoms with Crippen molar-refractivity contribution in [3.63, 3.8) is 0 Å². The van der Waals surface area contributed by atoms with Crippen molar-refractivity contribution < 1.29 is 13.2 Å². The molecule has 2 aromatic carbocycles. The highest BCUT2D eigenvalue weighted by atomic mass is 35.5. The number of hydrogen-bond acceptors (Lipinski definition) is 6. The van der Waals surface area contributed by atoms with Gasteiger partial charge in [-0.25, -0.2) is 8.42 Å². The van der Waals surface area contributed by atoms with Gasteiger partial charge >= 0.3 is 0 Å². The summed E-state index contributed by atoms with van der Waals surface area (Å²) in [7, 11) is -3.77. The van der Waals surface area contributed by atoms with Crippen LogP contribution >= 0.6 is 11.6 Å². The van der Waals surface area contributed by atoms with Gasteiger partial charge < -0.3 is 10.6 Å². The Hall–Kier alpha value is -2.72. The standard InChI is InChI=1S/C26H30ClN5O3S/c27-22-3-1-21-16-24(4-2-20(21)15-22)36(34,35)32-14-13-31(25(18-32)26(28)33)17-19-7-11-30(12-8-19)23-5-9-29-10-6-23/h1-6,9-10,15-16,19,25H,7-8,11-14,17-18H2,(H2,28,33). The van der Waals surface area contributed by atoms with Gasteiger partial charge in [-0.2, -0.15) is 4.31 Å². The van der Waals surface area contributed by atoms with Crippen molar-refractivity contribution in [3.05, 3.63) is 65.9 Å². The molecule has 0 bridgehead atoms. The number of amides is 1. The number of benzene rings is 2. The zero-order valence-corrected chi connectivity index (χ0v) is 21.5. The lowest BCUT2D eigenvalue weighted by Gasteiger charge is -2.42. The smallest absolute Gasteiger partial charge is 0.243 e. The van der Waals surface area contributed by atoms with Gasteiger partial charge in [0.1, 0.15) is 6.04 Å². The minimum Gasteiger partial charge on any atom is -0.371 e. The molecule has 2 saturated heterocycles. The van der Waals surface area contributed by atoms with Crippen molar-refractivity contribution in [1.82, 2.24) is 14.2 Å². The maximum absolute atomic E-state index is 13.5. The summed E-state index contributed by atoms with van der Waals surface area (Å²) in [5.74, 6) is -0.0577. The molecule has 1 atom stereocenters. The number of carbonyl (C=O) groups excluding carboxylic acids is 1. The number of pyridine rings is 1. The number of nitrogens with zero attached hydrogens (tertiary/aromatic N) is 4. The molecule has 1 amide bonds. The number of carbonyl (C=O) groups is 1. The predicted octanol–water partition coefficient (Wildman–Crippen LogP) is 2.97. The van der Waals surface area contributed by atoms with Crippen LogP contribution in [-0.2, 0) is 14.8 Å². The molecule has 0 aliphatic carbocycles. The molecule has 2 fully saturated rings. The number of aromatic nitrogens is 1. The molecule has 2 N–H and O–H groups in total. The van der Waals surface area contributed by atoms with Crippen molar-refractivity contribution in [3.8, 4) is 0 Å². The number of nitrogens with two attached hydrogens (primary N) is 1. The van der Waals surface area contributed by atoms with Crippen molar-refractivity contribution in [2.45, 2.75) is 23.8 Å². The van der Waals surface area contributed by atoms with E-state index >= 15 is 0 Å². The molecule has 0 radical (unpaired) electrons.